The van der Waals surface area contributed by atoms with Gasteiger partial charge < -0.3 is 18.9 Å². The largest absolute Gasteiger partial charge is 0.493 e. The number of ether oxygens (including phenoxy) is 2. The molecule has 7 nitrogen and oxygen atoms in total. The lowest BCUT2D eigenvalue weighted by Gasteiger charge is -2.32. The Kier molecular flexibility index (Phi) is 9.24. The average Bonchev–Trinajstić information content (AvgIpc) is 3.30. The van der Waals surface area contributed by atoms with Crippen LogP contribution in [-0.2, 0) is 10.9 Å². The third-order valence-electron chi connectivity index (χ3n) is 5.91. The quantitative estimate of drug-likeness (QED) is 0.331. The van der Waals surface area contributed by atoms with Crippen LogP contribution in [0.25, 0.3) is 11.4 Å². The average molecular weight is 512 g/mol. The third kappa shape index (κ3) is 7.86. The van der Waals surface area contributed by atoms with Crippen molar-refractivity contribution >= 4 is 6.09 Å². The molecule has 1 atom stereocenters. The molecular weight excluding hydrogens is 475 g/mol. The maximum absolute atomic E-state index is 13.8. The maximum Gasteiger partial charge on any atom is 0.419 e. The van der Waals surface area contributed by atoms with Gasteiger partial charge in [-0.3, -0.25) is 0 Å². The van der Waals surface area contributed by atoms with Crippen LogP contribution in [0, 0.1) is 0 Å². The Morgan fingerprint density at radius 2 is 1.92 bits per heavy atom. The minimum Gasteiger partial charge on any atom is -0.493 e. The van der Waals surface area contributed by atoms with Gasteiger partial charge in [-0.1, -0.05) is 37.8 Å². The van der Waals surface area contributed by atoms with E-state index in [2.05, 4.69) is 17.1 Å². The number of halogens is 3. The van der Waals surface area contributed by atoms with Crippen molar-refractivity contribution in [1.29, 1.82) is 0 Å². The molecule has 2 aromatic rings. The Labute approximate surface area is 210 Å². The Bertz CT molecular complexity index is 1000. The molecule has 0 aliphatic carbocycles. The number of benzene rings is 1. The van der Waals surface area contributed by atoms with Crippen LogP contribution in [0.5, 0.6) is 5.75 Å². The normalized spacial score (nSPS) is 16.8. The van der Waals surface area contributed by atoms with Crippen molar-refractivity contribution < 1.29 is 32.0 Å². The molecule has 1 aliphatic rings. The van der Waals surface area contributed by atoms with Gasteiger partial charge in [0.1, 0.15) is 11.4 Å². The molecule has 1 aromatic carbocycles. The first-order valence-electron chi connectivity index (χ1n) is 12.6. The second-order valence-corrected chi connectivity index (χ2v) is 10.2. The molecule has 36 heavy (non-hydrogen) atoms. The summed E-state index contributed by atoms with van der Waals surface area (Å²) in [5, 5.41) is 3.92. The summed E-state index contributed by atoms with van der Waals surface area (Å²) in [6.07, 6.45) is 1.32. The van der Waals surface area contributed by atoms with Crippen LogP contribution >= 0.6 is 0 Å². The van der Waals surface area contributed by atoms with Crippen LogP contribution in [-0.4, -0.2) is 46.4 Å². The van der Waals surface area contributed by atoms with Gasteiger partial charge in [0.25, 0.3) is 0 Å². The Balaban J connectivity index is 1.70. The Morgan fingerprint density at radius 1 is 1.17 bits per heavy atom. The number of nitrogens with zero attached hydrogens (tertiary/aromatic N) is 3. The first kappa shape index (κ1) is 27.8. The van der Waals surface area contributed by atoms with Gasteiger partial charge in [-0.15, -0.1) is 0 Å². The van der Waals surface area contributed by atoms with E-state index in [4.69, 9.17) is 14.0 Å². The van der Waals surface area contributed by atoms with Crippen LogP contribution in [0.15, 0.2) is 22.7 Å². The molecule has 0 N–H and O–H groups in total. The summed E-state index contributed by atoms with van der Waals surface area (Å²) in [5.41, 5.74) is -1.29. The lowest BCUT2D eigenvalue weighted by atomic mass is 9.98. The second kappa shape index (κ2) is 12.0. The molecule has 1 aromatic heterocycles. The van der Waals surface area contributed by atoms with Gasteiger partial charge in [-0.25, -0.2) is 4.79 Å². The first-order valence-corrected chi connectivity index (χ1v) is 12.6. The van der Waals surface area contributed by atoms with Crippen molar-refractivity contribution in [1.82, 2.24) is 15.0 Å². The minimum absolute atomic E-state index is 0.0657. The standard InChI is InChI=1S/C26H36F3N3O4/c1-5-6-7-8-9-15-34-21-13-12-18(16-20(21)26(27,28)29)22-30-23(36-31-22)19-11-10-14-32(17-19)24(33)35-25(2,3)4/h12-13,16,19H,5-11,14-15,17H2,1-4H3/t19-/m1/s1. The minimum atomic E-state index is -4.59. The molecule has 10 heteroatoms. The number of hydrogen-bond donors (Lipinski definition) is 0. The highest BCUT2D eigenvalue weighted by atomic mass is 19.4. The predicted octanol–water partition coefficient (Wildman–Crippen LogP) is 7.22. The Morgan fingerprint density at radius 3 is 2.61 bits per heavy atom. The van der Waals surface area contributed by atoms with Gasteiger partial charge in [0.2, 0.25) is 11.7 Å². The number of likely N-dealkylation sites (tertiary alicyclic amines) is 1. The first-order chi connectivity index (χ1) is 17.0. The van der Waals surface area contributed by atoms with Gasteiger partial charge in [0.15, 0.2) is 0 Å². The lowest BCUT2D eigenvalue weighted by molar-refractivity contribution is -0.138. The summed E-state index contributed by atoms with van der Waals surface area (Å²) in [4.78, 5) is 18.4. The van der Waals surface area contributed by atoms with Crippen molar-refractivity contribution in [3.63, 3.8) is 0 Å². The number of hydrogen-bond acceptors (Lipinski definition) is 6. The fourth-order valence-corrected chi connectivity index (χ4v) is 4.09. The second-order valence-electron chi connectivity index (χ2n) is 10.2. The number of unbranched alkanes of at least 4 members (excludes halogenated alkanes) is 4. The lowest BCUT2D eigenvalue weighted by Crippen LogP contribution is -2.42. The van der Waals surface area contributed by atoms with Crippen molar-refractivity contribution in [3.05, 3.63) is 29.7 Å². The molecule has 1 fully saturated rings. The molecule has 200 valence electrons. The molecule has 1 amide bonds. The third-order valence-corrected chi connectivity index (χ3v) is 5.91. The van der Waals surface area contributed by atoms with Crippen LogP contribution in [0.3, 0.4) is 0 Å². The number of carbonyl (C=O) groups is 1. The van der Waals surface area contributed by atoms with Crippen LogP contribution in [0.2, 0.25) is 0 Å². The Hall–Kier alpha value is -2.78. The number of carbonyl (C=O) groups excluding carboxylic acids is 1. The van der Waals surface area contributed by atoms with Gasteiger partial charge in [-0.05, 0) is 58.2 Å². The van der Waals surface area contributed by atoms with Gasteiger partial charge in [-0.2, -0.15) is 18.2 Å². The number of amides is 1. The van der Waals surface area contributed by atoms with Crippen molar-refractivity contribution in [3.8, 4) is 17.1 Å². The molecule has 0 bridgehead atoms. The highest BCUT2D eigenvalue weighted by Crippen LogP contribution is 2.39. The van der Waals surface area contributed by atoms with Gasteiger partial charge in [0.05, 0.1) is 18.1 Å². The molecule has 0 unspecified atom stereocenters. The molecule has 3 rings (SSSR count). The summed E-state index contributed by atoms with van der Waals surface area (Å²) < 4.78 is 57.6. The molecule has 1 aliphatic heterocycles. The highest BCUT2D eigenvalue weighted by molar-refractivity contribution is 5.68. The number of rotatable bonds is 9. The van der Waals surface area contributed by atoms with E-state index in [0.29, 0.717) is 25.4 Å². The smallest absolute Gasteiger partial charge is 0.419 e. The van der Waals surface area contributed by atoms with E-state index in [1.54, 1.807) is 25.7 Å². The molecular formula is C26H36F3N3O4. The fraction of sp³-hybridized carbons (Fsp3) is 0.654. The van der Waals surface area contributed by atoms with Gasteiger partial charge >= 0.3 is 12.3 Å². The summed E-state index contributed by atoms with van der Waals surface area (Å²) in [6, 6.07) is 3.81. The number of piperidine rings is 1. The topological polar surface area (TPSA) is 77.7 Å². The monoisotopic (exact) mass is 511 g/mol. The number of alkyl halides is 3. The summed E-state index contributed by atoms with van der Waals surface area (Å²) in [5.74, 6) is -0.0640. The van der Waals surface area contributed by atoms with Crippen LogP contribution in [0.1, 0.15) is 90.0 Å². The molecule has 0 saturated carbocycles. The predicted molar refractivity (Wildman–Crippen MR) is 129 cm³/mol. The summed E-state index contributed by atoms with van der Waals surface area (Å²) in [6.45, 7) is 8.64. The molecule has 0 spiro atoms. The SMILES string of the molecule is CCCCCCCOc1ccc(-c2noc([C@@H]3CCCN(C(=O)OC(C)(C)C)C3)n2)cc1C(F)(F)F. The zero-order valence-electron chi connectivity index (χ0n) is 21.5. The van der Waals surface area contributed by atoms with E-state index in [9.17, 15) is 18.0 Å². The van der Waals surface area contributed by atoms with Crippen molar-refractivity contribution in [2.75, 3.05) is 19.7 Å². The van der Waals surface area contributed by atoms with E-state index in [0.717, 1.165) is 44.6 Å². The molecule has 0 radical (unpaired) electrons. The van der Waals surface area contributed by atoms with Crippen LogP contribution in [0.4, 0.5) is 18.0 Å². The highest BCUT2D eigenvalue weighted by Gasteiger charge is 2.36. The molecule has 2 heterocycles. The van der Waals surface area contributed by atoms with Crippen molar-refractivity contribution in [2.24, 2.45) is 0 Å². The van der Waals surface area contributed by atoms with E-state index in [1.807, 2.05) is 0 Å². The van der Waals surface area contributed by atoms with Crippen LogP contribution < -0.4 is 4.74 Å². The van der Waals surface area contributed by atoms with E-state index in [1.165, 1.54) is 12.1 Å². The zero-order valence-corrected chi connectivity index (χ0v) is 21.5. The molecule has 1 saturated heterocycles. The summed E-state index contributed by atoms with van der Waals surface area (Å²) in [7, 11) is 0. The van der Waals surface area contributed by atoms with E-state index >= 15 is 0 Å². The fourth-order valence-electron chi connectivity index (χ4n) is 4.09. The summed E-state index contributed by atoms with van der Waals surface area (Å²) >= 11 is 0. The zero-order chi connectivity index (χ0) is 26.3. The van der Waals surface area contributed by atoms with E-state index < -0.39 is 23.4 Å². The van der Waals surface area contributed by atoms with E-state index in [-0.39, 0.29) is 29.7 Å². The maximum atomic E-state index is 13.8. The number of aromatic nitrogens is 2. The van der Waals surface area contributed by atoms with Crippen molar-refractivity contribution in [2.45, 2.75) is 90.3 Å². The van der Waals surface area contributed by atoms with Gasteiger partial charge in [0, 0.05) is 18.7 Å².